The van der Waals surface area contributed by atoms with Gasteiger partial charge in [-0.25, -0.2) is 0 Å². The molecule has 0 radical (unpaired) electrons. The molecule has 0 aromatic heterocycles. The maximum atomic E-state index is 11.1. The molecule has 1 heterocycles. The van der Waals surface area contributed by atoms with E-state index < -0.39 is 48.9 Å². The molecule has 10 N–H and O–H groups in total. The molecule has 51 heavy (non-hydrogen) atoms. The Morgan fingerprint density at radius 3 is 0.941 bits per heavy atom. The van der Waals surface area contributed by atoms with Crippen molar-refractivity contribution in [2.45, 2.75) is 20.8 Å². The van der Waals surface area contributed by atoms with E-state index in [2.05, 4.69) is 23.6 Å². The zero-order valence-electron chi connectivity index (χ0n) is 30.1. The summed E-state index contributed by atoms with van der Waals surface area (Å²) in [6, 6.07) is 0. The third kappa shape index (κ3) is 28.8. The predicted molar refractivity (Wildman–Crippen MR) is 185 cm³/mol. The Hall–Kier alpha value is -3.54. The summed E-state index contributed by atoms with van der Waals surface area (Å²) in [4.78, 5) is 78.2. The summed E-state index contributed by atoms with van der Waals surface area (Å²) in [5.41, 5.74) is 0. The standard InChI is InChI=1S/C16H32N4O4.C14H25N3O8.2H2O/c1-3-17-5-6-18(4-2)8-10-20(14-16(23)24)12-11-19(9-7-17)13-15(21)22;1-2-15(7-11(18)19)3-4-16(8-12(20)21)5-6-17(9-13(22)23)10-14(24)25;;/h3-14H2,1-2H3,(H,21,22)(H,23,24);2-10H2,1H3,(H,18,19)(H,20,21)(H,22,23)(H,24,25);2*1H2. The minimum atomic E-state index is -1.18. The van der Waals surface area contributed by atoms with Crippen molar-refractivity contribution in [3.8, 4) is 0 Å². The van der Waals surface area contributed by atoms with Crippen LogP contribution < -0.4 is 0 Å². The van der Waals surface area contributed by atoms with E-state index in [4.69, 9.17) is 30.6 Å². The third-order valence-electron chi connectivity index (χ3n) is 7.89. The van der Waals surface area contributed by atoms with Gasteiger partial charge in [0, 0.05) is 78.5 Å². The molecular weight excluding hydrogens is 682 g/mol. The van der Waals surface area contributed by atoms with Crippen molar-refractivity contribution in [1.29, 1.82) is 0 Å². The summed E-state index contributed by atoms with van der Waals surface area (Å²) in [6.45, 7) is 13.9. The summed E-state index contributed by atoms with van der Waals surface area (Å²) in [5, 5.41) is 53.5. The Bertz CT molecular complexity index is 974. The molecule has 0 spiro atoms. The Labute approximate surface area is 298 Å². The van der Waals surface area contributed by atoms with E-state index in [0.29, 0.717) is 39.3 Å². The van der Waals surface area contributed by atoms with Gasteiger partial charge in [-0.3, -0.25) is 53.3 Å². The second-order valence-electron chi connectivity index (χ2n) is 11.6. The molecule has 0 atom stereocenters. The molecule has 0 unspecified atom stereocenters. The molecule has 0 aliphatic carbocycles. The number of likely N-dealkylation sites (N-methyl/N-ethyl adjacent to an activating group) is 3. The highest BCUT2D eigenvalue weighted by Crippen LogP contribution is 2.01. The second kappa shape index (κ2) is 30.1. The van der Waals surface area contributed by atoms with Crippen LogP contribution in [-0.4, -0.2) is 249 Å². The molecule has 1 aliphatic heterocycles. The van der Waals surface area contributed by atoms with Gasteiger partial charge in [0.25, 0.3) is 0 Å². The first kappa shape index (κ1) is 51.8. The topological polar surface area (TPSA) is 309 Å². The first-order valence-electron chi connectivity index (χ1n) is 16.4. The normalized spacial score (nSPS) is 15.4. The number of nitrogens with zero attached hydrogens (tertiary/aromatic N) is 7. The first-order chi connectivity index (χ1) is 23.1. The summed E-state index contributed by atoms with van der Waals surface area (Å²) >= 11 is 0. The summed E-state index contributed by atoms with van der Waals surface area (Å²) in [7, 11) is 0. The molecule has 300 valence electrons. The highest BCUT2D eigenvalue weighted by atomic mass is 16.4. The molecule has 21 nitrogen and oxygen atoms in total. The molecule has 0 saturated carbocycles. The van der Waals surface area contributed by atoms with Crippen LogP contribution in [-0.2, 0) is 28.8 Å². The molecule has 1 fully saturated rings. The van der Waals surface area contributed by atoms with Gasteiger partial charge in [0.15, 0.2) is 0 Å². The summed E-state index contributed by atoms with van der Waals surface area (Å²) in [5.74, 6) is -6.10. The van der Waals surface area contributed by atoms with E-state index >= 15 is 0 Å². The van der Waals surface area contributed by atoms with Gasteiger partial charge in [-0.05, 0) is 19.6 Å². The number of hydrogen-bond donors (Lipinski definition) is 6. The van der Waals surface area contributed by atoms with E-state index in [0.717, 1.165) is 39.3 Å². The van der Waals surface area contributed by atoms with Crippen LogP contribution in [0.3, 0.4) is 0 Å². The number of carbonyl (C=O) groups is 6. The molecule has 1 saturated heterocycles. The lowest BCUT2D eigenvalue weighted by atomic mass is 10.3. The lowest BCUT2D eigenvalue weighted by molar-refractivity contribution is -0.143. The zero-order chi connectivity index (χ0) is 37.4. The Balaban J connectivity index is -0.000000870. The molecule has 1 rings (SSSR count). The fourth-order valence-electron chi connectivity index (χ4n) is 5.07. The van der Waals surface area contributed by atoms with Gasteiger partial charge in [-0.15, -0.1) is 0 Å². The van der Waals surface area contributed by atoms with E-state index in [-0.39, 0.29) is 56.8 Å². The van der Waals surface area contributed by atoms with Crippen LogP contribution in [0.1, 0.15) is 20.8 Å². The van der Waals surface area contributed by atoms with Crippen molar-refractivity contribution in [2.24, 2.45) is 0 Å². The predicted octanol–water partition coefficient (Wildman–Crippen LogP) is -3.98. The fourth-order valence-corrected chi connectivity index (χ4v) is 5.07. The van der Waals surface area contributed by atoms with Crippen molar-refractivity contribution in [1.82, 2.24) is 34.3 Å². The SMILES string of the molecule is CCN(CCN(CCN(CC(=O)O)CC(=O)O)CC(=O)O)CC(=O)O.CCN1CCN(CC)CCN(CC(=O)O)CCN(CC(=O)O)CC1.O.O. The Morgan fingerprint density at radius 2 is 0.667 bits per heavy atom. The molecule has 1 aliphatic rings. The Morgan fingerprint density at radius 1 is 0.412 bits per heavy atom. The van der Waals surface area contributed by atoms with Gasteiger partial charge >= 0.3 is 35.8 Å². The van der Waals surface area contributed by atoms with Gasteiger partial charge in [-0.1, -0.05) is 20.8 Å². The fraction of sp³-hybridized carbons (Fsp3) is 0.800. The number of carboxylic acid groups (broad SMARTS) is 6. The summed E-state index contributed by atoms with van der Waals surface area (Å²) in [6.07, 6.45) is 0. The van der Waals surface area contributed by atoms with Gasteiger partial charge in [0.05, 0.1) is 39.3 Å². The van der Waals surface area contributed by atoms with Gasteiger partial charge in [-0.2, -0.15) is 0 Å². The minimum Gasteiger partial charge on any atom is -0.480 e. The van der Waals surface area contributed by atoms with Crippen LogP contribution in [0.25, 0.3) is 0 Å². The maximum Gasteiger partial charge on any atom is 0.317 e. The largest absolute Gasteiger partial charge is 0.480 e. The zero-order valence-corrected chi connectivity index (χ0v) is 30.1. The average molecular weight is 744 g/mol. The molecule has 0 amide bonds. The first-order valence-corrected chi connectivity index (χ1v) is 16.4. The molecule has 0 aromatic carbocycles. The van der Waals surface area contributed by atoms with E-state index in [1.54, 1.807) is 11.8 Å². The van der Waals surface area contributed by atoms with Gasteiger partial charge in [0.1, 0.15) is 0 Å². The molecule has 0 bridgehead atoms. The lowest BCUT2D eigenvalue weighted by Crippen LogP contribution is -2.47. The summed E-state index contributed by atoms with van der Waals surface area (Å²) < 4.78 is 0. The van der Waals surface area contributed by atoms with Crippen molar-refractivity contribution in [3.63, 3.8) is 0 Å². The van der Waals surface area contributed by atoms with Crippen molar-refractivity contribution in [3.05, 3.63) is 0 Å². The number of carboxylic acids is 6. The van der Waals surface area contributed by atoms with Crippen LogP contribution in [0.5, 0.6) is 0 Å². The quantitative estimate of drug-likeness (QED) is 0.0653. The Kier molecular flexibility index (Phi) is 30.6. The van der Waals surface area contributed by atoms with Crippen LogP contribution >= 0.6 is 0 Å². The monoisotopic (exact) mass is 743 g/mol. The molecule has 0 aromatic rings. The number of aliphatic carboxylic acids is 6. The van der Waals surface area contributed by atoms with Crippen molar-refractivity contribution < 1.29 is 70.4 Å². The third-order valence-corrected chi connectivity index (χ3v) is 7.89. The van der Waals surface area contributed by atoms with Crippen molar-refractivity contribution in [2.75, 3.05) is 137 Å². The van der Waals surface area contributed by atoms with Gasteiger partial charge < -0.3 is 51.4 Å². The van der Waals surface area contributed by atoms with Crippen LogP contribution in [0.2, 0.25) is 0 Å². The van der Waals surface area contributed by atoms with Crippen LogP contribution in [0.15, 0.2) is 0 Å². The number of hydrogen-bond acceptors (Lipinski definition) is 13. The van der Waals surface area contributed by atoms with Gasteiger partial charge in [0.2, 0.25) is 0 Å². The minimum absolute atomic E-state index is 0. The number of rotatable bonds is 21. The van der Waals surface area contributed by atoms with E-state index in [1.165, 1.54) is 9.80 Å². The highest BCUT2D eigenvalue weighted by Gasteiger charge is 2.19. The smallest absolute Gasteiger partial charge is 0.317 e. The van der Waals surface area contributed by atoms with E-state index in [1.807, 2.05) is 9.80 Å². The maximum absolute atomic E-state index is 11.1. The second-order valence-corrected chi connectivity index (χ2v) is 11.6. The average Bonchev–Trinajstić information content (AvgIpc) is 2.99. The highest BCUT2D eigenvalue weighted by molar-refractivity contribution is 5.72. The molecular formula is C30H61N7O14. The van der Waals surface area contributed by atoms with Crippen LogP contribution in [0.4, 0.5) is 0 Å². The van der Waals surface area contributed by atoms with Crippen LogP contribution in [0, 0.1) is 0 Å². The molecule has 21 heteroatoms. The van der Waals surface area contributed by atoms with E-state index in [9.17, 15) is 28.8 Å². The lowest BCUT2D eigenvalue weighted by Gasteiger charge is -2.32. The van der Waals surface area contributed by atoms with Crippen molar-refractivity contribution >= 4 is 35.8 Å².